The van der Waals surface area contributed by atoms with E-state index in [2.05, 4.69) is 33.0 Å². The van der Waals surface area contributed by atoms with Gasteiger partial charge in [-0.3, -0.25) is 14.7 Å². The summed E-state index contributed by atoms with van der Waals surface area (Å²) in [5.41, 5.74) is 8.58. The van der Waals surface area contributed by atoms with E-state index in [0.717, 1.165) is 69.7 Å². The lowest BCUT2D eigenvalue weighted by molar-refractivity contribution is 0.0925. The molecule has 5 heteroatoms. The van der Waals surface area contributed by atoms with E-state index < -0.39 is 0 Å². The van der Waals surface area contributed by atoms with E-state index in [1.165, 1.54) is 40.0 Å². The predicted molar refractivity (Wildman–Crippen MR) is 141 cm³/mol. The van der Waals surface area contributed by atoms with Crippen LogP contribution >= 0.6 is 0 Å². The Morgan fingerprint density at radius 1 is 1.03 bits per heavy atom. The number of aromatic nitrogens is 1. The number of hydrogen-bond acceptors (Lipinski definition) is 4. The molecule has 2 aromatic carbocycles. The zero-order chi connectivity index (χ0) is 24.5. The maximum Gasteiger partial charge on any atom is 0.163 e. The molecule has 6 rings (SSSR count). The molecule has 0 bridgehead atoms. The molecular weight excluding hydrogens is 449 g/mol. The smallest absolute Gasteiger partial charge is 0.163 e. The number of nitrogens with zero attached hydrogens (tertiary/aromatic N) is 3. The molecule has 0 radical (unpaired) electrons. The second-order valence-corrected chi connectivity index (χ2v) is 10.5. The minimum Gasteiger partial charge on any atom is -0.367 e. The summed E-state index contributed by atoms with van der Waals surface area (Å²) in [7, 11) is 0. The molecule has 3 aliphatic rings. The van der Waals surface area contributed by atoms with Crippen molar-refractivity contribution in [2.24, 2.45) is 5.92 Å². The molecule has 1 saturated heterocycles. The zero-order valence-electron chi connectivity index (χ0n) is 20.6. The Labute approximate surface area is 212 Å². The maximum atomic E-state index is 13.4. The summed E-state index contributed by atoms with van der Waals surface area (Å²) < 4.78 is 13.4. The highest BCUT2D eigenvalue weighted by atomic mass is 19.1. The first-order valence-electron chi connectivity index (χ1n) is 13.1. The molecule has 0 spiro atoms. The van der Waals surface area contributed by atoms with Gasteiger partial charge in [0.05, 0.1) is 0 Å². The van der Waals surface area contributed by atoms with Crippen LogP contribution < -0.4 is 4.90 Å². The Morgan fingerprint density at radius 3 is 2.64 bits per heavy atom. The molecule has 2 aliphatic heterocycles. The van der Waals surface area contributed by atoms with Crippen molar-refractivity contribution in [3.05, 3.63) is 101 Å². The van der Waals surface area contributed by atoms with Crippen molar-refractivity contribution >= 4 is 17.0 Å². The Morgan fingerprint density at radius 2 is 1.86 bits per heavy atom. The van der Waals surface area contributed by atoms with Crippen LogP contribution in [0.4, 0.5) is 10.1 Å². The van der Waals surface area contributed by atoms with Crippen LogP contribution in [0.25, 0.3) is 5.57 Å². The Balaban J connectivity index is 1.09. The molecule has 4 nitrogen and oxygen atoms in total. The average Bonchev–Trinajstić information content (AvgIpc) is 3.28. The molecule has 184 valence electrons. The number of likely N-dealkylation sites (tertiary alicyclic amines) is 1. The standard InChI is InChI=1S/C31H32FN3O/c32-27-5-7-28(8-6-27)35-15-11-25-17-24-3-4-26(18-29(24)30(25)21-35)31(36)16-22-9-13-34(14-10-22)20-23-2-1-12-33-19-23/h1-8,12,18-19,22H,9-11,13-17,20-21H2. The fourth-order valence-corrected chi connectivity index (χ4v) is 6.04. The Hall–Kier alpha value is -3.31. The number of Topliss-reactive ketones (excluding diaryl/α,β-unsaturated/α-hetero) is 1. The maximum absolute atomic E-state index is 13.4. The first-order valence-corrected chi connectivity index (χ1v) is 13.1. The molecule has 1 aliphatic carbocycles. The van der Waals surface area contributed by atoms with E-state index in [9.17, 15) is 9.18 Å². The van der Waals surface area contributed by atoms with E-state index in [4.69, 9.17) is 0 Å². The quantitative estimate of drug-likeness (QED) is 0.409. The first kappa shape index (κ1) is 23.1. The van der Waals surface area contributed by atoms with E-state index in [1.54, 1.807) is 0 Å². The van der Waals surface area contributed by atoms with Crippen molar-refractivity contribution in [3.8, 4) is 0 Å². The molecule has 0 N–H and O–H groups in total. The minimum absolute atomic E-state index is 0.204. The van der Waals surface area contributed by atoms with Crippen molar-refractivity contribution in [1.29, 1.82) is 0 Å². The lowest BCUT2D eigenvalue weighted by atomic mass is 9.88. The van der Waals surface area contributed by atoms with Crippen LogP contribution in [0.5, 0.6) is 0 Å². The van der Waals surface area contributed by atoms with Gasteiger partial charge in [0.15, 0.2) is 5.78 Å². The summed E-state index contributed by atoms with van der Waals surface area (Å²) in [5.74, 6) is 0.516. The highest BCUT2D eigenvalue weighted by Gasteiger charge is 2.29. The predicted octanol–water partition coefficient (Wildman–Crippen LogP) is 5.93. The van der Waals surface area contributed by atoms with Crippen LogP contribution in [-0.4, -0.2) is 41.8 Å². The van der Waals surface area contributed by atoms with Gasteiger partial charge in [-0.2, -0.15) is 0 Å². The van der Waals surface area contributed by atoms with Crippen LogP contribution in [0, 0.1) is 11.7 Å². The van der Waals surface area contributed by atoms with Gasteiger partial charge in [0.2, 0.25) is 0 Å². The third-order valence-corrected chi connectivity index (χ3v) is 8.12. The number of benzene rings is 2. The van der Waals surface area contributed by atoms with Gasteiger partial charge in [-0.25, -0.2) is 4.39 Å². The molecule has 0 unspecified atom stereocenters. The van der Waals surface area contributed by atoms with Gasteiger partial charge in [-0.05, 0) is 103 Å². The minimum atomic E-state index is -0.204. The number of rotatable bonds is 6. The summed E-state index contributed by atoms with van der Waals surface area (Å²) >= 11 is 0. The van der Waals surface area contributed by atoms with Crippen LogP contribution in [0.2, 0.25) is 0 Å². The van der Waals surface area contributed by atoms with Crippen LogP contribution in [-0.2, 0) is 13.0 Å². The van der Waals surface area contributed by atoms with E-state index in [1.807, 2.05) is 36.7 Å². The zero-order valence-corrected chi connectivity index (χ0v) is 20.6. The Bertz CT molecular complexity index is 1280. The molecule has 1 fully saturated rings. The second kappa shape index (κ2) is 9.98. The summed E-state index contributed by atoms with van der Waals surface area (Å²) in [4.78, 5) is 22.3. The van der Waals surface area contributed by atoms with Crippen molar-refractivity contribution in [1.82, 2.24) is 9.88 Å². The molecule has 1 aromatic heterocycles. The monoisotopic (exact) mass is 481 g/mol. The average molecular weight is 482 g/mol. The number of pyridine rings is 1. The SMILES string of the molecule is O=C(CC1CCN(Cc2cccnc2)CC1)c1ccc2c(c1)C1=C(CCN(c3ccc(F)cc3)C1)C2. The van der Waals surface area contributed by atoms with Crippen molar-refractivity contribution < 1.29 is 9.18 Å². The van der Waals surface area contributed by atoms with Crippen LogP contribution in [0.15, 0.2) is 72.6 Å². The number of hydrogen-bond donors (Lipinski definition) is 0. The van der Waals surface area contributed by atoms with Gasteiger partial charge >= 0.3 is 0 Å². The van der Waals surface area contributed by atoms with Gasteiger partial charge in [-0.15, -0.1) is 0 Å². The number of halogens is 1. The van der Waals surface area contributed by atoms with Crippen molar-refractivity contribution in [2.75, 3.05) is 31.1 Å². The fraction of sp³-hybridized carbons (Fsp3) is 0.355. The fourth-order valence-electron chi connectivity index (χ4n) is 6.04. The largest absolute Gasteiger partial charge is 0.367 e. The number of piperidine rings is 1. The third-order valence-electron chi connectivity index (χ3n) is 8.12. The number of carbonyl (C=O) groups excluding carboxylic acids is 1. The van der Waals surface area contributed by atoms with E-state index >= 15 is 0 Å². The van der Waals surface area contributed by atoms with Gasteiger partial charge in [0, 0.05) is 49.7 Å². The molecule has 0 atom stereocenters. The van der Waals surface area contributed by atoms with Gasteiger partial charge in [0.1, 0.15) is 5.82 Å². The molecule has 0 amide bonds. The number of anilines is 1. The topological polar surface area (TPSA) is 36.4 Å². The van der Waals surface area contributed by atoms with Crippen LogP contribution in [0.3, 0.4) is 0 Å². The number of carbonyl (C=O) groups is 1. The number of fused-ring (bicyclic) bond motifs is 2. The first-order chi connectivity index (χ1) is 17.6. The molecular formula is C31H32FN3O. The lowest BCUT2D eigenvalue weighted by Crippen LogP contribution is -2.34. The summed E-state index contributed by atoms with van der Waals surface area (Å²) in [6.07, 6.45) is 8.53. The summed E-state index contributed by atoms with van der Waals surface area (Å²) in [6.45, 7) is 4.77. The second-order valence-electron chi connectivity index (χ2n) is 10.5. The van der Waals surface area contributed by atoms with Gasteiger partial charge < -0.3 is 4.90 Å². The van der Waals surface area contributed by atoms with Crippen LogP contribution in [0.1, 0.15) is 52.7 Å². The van der Waals surface area contributed by atoms with E-state index in [0.29, 0.717) is 12.3 Å². The lowest BCUT2D eigenvalue weighted by Gasteiger charge is -2.31. The summed E-state index contributed by atoms with van der Waals surface area (Å²) in [6, 6.07) is 17.2. The van der Waals surface area contributed by atoms with E-state index in [-0.39, 0.29) is 11.6 Å². The van der Waals surface area contributed by atoms with Gasteiger partial charge in [-0.1, -0.05) is 23.8 Å². The molecule has 36 heavy (non-hydrogen) atoms. The Kier molecular flexibility index (Phi) is 6.41. The van der Waals surface area contributed by atoms with Crippen molar-refractivity contribution in [3.63, 3.8) is 0 Å². The molecule has 3 aromatic rings. The molecule has 0 saturated carbocycles. The molecule has 3 heterocycles. The highest BCUT2D eigenvalue weighted by Crippen LogP contribution is 2.39. The van der Waals surface area contributed by atoms with Gasteiger partial charge in [0.25, 0.3) is 0 Å². The van der Waals surface area contributed by atoms with Crippen molar-refractivity contribution in [2.45, 2.75) is 38.6 Å². The third kappa shape index (κ3) is 4.85. The number of ketones is 1. The summed E-state index contributed by atoms with van der Waals surface area (Å²) in [5, 5.41) is 0. The normalized spacial score (nSPS) is 18.3. The highest BCUT2D eigenvalue weighted by molar-refractivity contribution is 5.98.